The average Bonchev–Trinajstić information content (AvgIpc) is 2.61. The second kappa shape index (κ2) is 4.32. The van der Waals surface area contributed by atoms with Crippen molar-refractivity contribution in [3.63, 3.8) is 0 Å². The van der Waals surface area contributed by atoms with Gasteiger partial charge in [0.15, 0.2) is 0 Å². The van der Waals surface area contributed by atoms with Gasteiger partial charge in [-0.25, -0.2) is 9.78 Å². The number of hydrogen-bond acceptors (Lipinski definition) is 4. The van der Waals surface area contributed by atoms with Crippen LogP contribution in [0.4, 0.5) is 4.79 Å². The molecule has 0 aliphatic carbocycles. The molecule has 0 fully saturated rings. The van der Waals surface area contributed by atoms with Gasteiger partial charge in [-0.3, -0.25) is 0 Å². The number of thiazole rings is 1. The van der Waals surface area contributed by atoms with Crippen molar-refractivity contribution in [1.82, 2.24) is 4.98 Å². The first kappa shape index (κ1) is 10.6. The normalized spacial score (nSPS) is 10.1. The number of rotatable bonds is 2. The Balaban J connectivity index is 2.34. The third kappa shape index (κ3) is 2.20. The molecule has 5 heteroatoms. The van der Waals surface area contributed by atoms with Crippen molar-refractivity contribution in [1.29, 1.82) is 0 Å². The topological polar surface area (TPSA) is 59.4 Å². The van der Waals surface area contributed by atoms with Gasteiger partial charge in [0.2, 0.25) is 5.06 Å². The molecule has 0 radical (unpaired) electrons. The van der Waals surface area contributed by atoms with Crippen LogP contribution >= 0.6 is 11.3 Å². The second-order valence-electron chi connectivity index (χ2n) is 3.13. The molecule has 2 rings (SSSR count). The van der Waals surface area contributed by atoms with Crippen molar-refractivity contribution < 1.29 is 14.6 Å². The van der Waals surface area contributed by atoms with Crippen molar-refractivity contribution >= 4 is 17.5 Å². The molecule has 0 saturated carbocycles. The highest BCUT2D eigenvalue weighted by molar-refractivity contribution is 7.17. The van der Waals surface area contributed by atoms with Crippen molar-refractivity contribution in [3.8, 4) is 15.6 Å². The fourth-order valence-corrected chi connectivity index (χ4v) is 2.18. The van der Waals surface area contributed by atoms with E-state index in [2.05, 4.69) is 9.72 Å². The molecule has 1 aromatic heterocycles. The zero-order chi connectivity index (χ0) is 11.5. The first-order valence-electron chi connectivity index (χ1n) is 4.60. The van der Waals surface area contributed by atoms with Crippen LogP contribution in [0.25, 0.3) is 10.6 Å². The Morgan fingerprint density at radius 1 is 1.38 bits per heavy atom. The molecule has 82 valence electrons. The quantitative estimate of drug-likeness (QED) is 0.812. The largest absolute Gasteiger partial charge is 0.512 e. The molecular weight excluding hydrogens is 226 g/mol. The van der Waals surface area contributed by atoms with E-state index in [1.165, 1.54) is 11.3 Å². The molecule has 0 atom stereocenters. The van der Waals surface area contributed by atoms with Gasteiger partial charge < -0.3 is 9.84 Å². The van der Waals surface area contributed by atoms with Gasteiger partial charge in [-0.2, -0.15) is 0 Å². The Hall–Kier alpha value is -1.88. The zero-order valence-corrected chi connectivity index (χ0v) is 9.32. The first-order chi connectivity index (χ1) is 7.66. The Morgan fingerprint density at radius 3 is 2.69 bits per heavy atom. The van der Waals surface area contributed by atoms with Crippen LogP contribution in [-0.2, 0) is 0 Å². The molecule has 0 amide bonds. The molecule has 1 aromatic carbocycles. The van der Waals surface area contributed by atoms with Crippen LogP contribution in [0.3, 0.4) is 0 Å². The van der Waals surface area contributed by atoms with Crippen molar-refractivity contribution in [2.24, 2.45) is 0 Å². The van der Waals surface area contributed by atoms with Crippen molar-refractivity contribution in [2.45, 2.75) is 6.92 Å². The summed E-state index contributed by atoms with van der Waals surface area (Å²) < 4.78 is 4.62. The van der Waals surface area contributed by atoms with Gasteiger partial charge in [0, 0.05) is 5.56 Å². The summed E-state index contributed by atoms with van der Waals surface area (Å²) in [5.74, 6) is 0. The number of hydrogen-bond donors (Lipinski definition) is 1. The minimum atomic E-state index is -1.31. The lowest BCUT2D eigenvalue weighted by atomic mass is 10.2. The summed E-state index contributed by atoms with van der Waals surface area (Å²) in [6, 6.07) is 9.57. The van der Waals surface area contributed by atoms with Crippen LogP contribution in [0.15, 0.2) is 30.3 Å². The maximum atomic E-state index is 10.4. The lowest BCUT2D eigenvalue weighted by Crippen LogP contribution is -2.02. The fourth-order valence-electron chi connectivity index (χ4n) is 1.26. The van der Waals surface area contributed by atoms with Gasteiger partial charge >= 0.3 is 6.16 Å². The summed E-state index contributed by atoms with van der Waals surface area (Å²) in [4.78, 5) is 14.7. The number of ether oxygens (including phenoxy) is 1. The molecule has 0 saturated heterocycles. The van der Waals surface area contributed by atoms with E-state index < -0.39 is 6.16 Å². The predicted molar refractivity (Wildman–Crippen MR) is 60.9 cm³/mol. The Morgan fingerprint density at radius 2 is 2.06 bits per heavy atom. The molecular formula is C11H9NO3S. The van der Waals surface area contributed by atoms with Crippen molar-refractivity contribution in [2.75, 3.05) is 0 Å². The summed E-state index contributed by atoms with van der Waals surface area (Å²) in [5, 5.41) is 9.61. The van der Waals surface area contributed by atoms with Gasteiger partial charge in [-0.1, -0.05) is 41.7 Å². The van der Waals surface area contributed by atoms with Gasteiger partial charge in [-0.05, 0) is 6.92 Å². The SMILES string of the molecule is Cc1nc(-c2ccccc2)sc1OC(=O)O. The first-order valence-corrected chi connectivity index (χ1v) is 5.42. The van der Waals surface area contributed by atoms with Crippen LogP contribution < -0.4 is 4.74 Å². The van der Waals surface area contributed by atoms with Crippen LogP contribution in [0.1, 0.15) is 5.69 Å². The molecule has 0 spiro atoms. The average molecular weight is 235 g/mol. The number of carboxylic acid groups (broad SMARTS) is 1. The van der Waals surface area contributed by atoms with E-state index in [1.807, 2.05) is 30.3 Å². The van der Waals surface area contributed by atoms with Crippen molar-refractivity contribution in [3.05, 3.63) is 36.0 Å². The number of aryl methyl sites for hydroxylation is 1. The highest BCUT2D eigenvalue weighted by Gasteiger charge is 2.12. The number of benzene rings is 1. The Bertz CT molecular complexity index is 507. The fraction of sp³-hybridized carbons (Fsp3) is 0.0909. The molecule has 1 N–H and O–H groups in total. The van der Waals surface area contributed by atoms with E-state index in [9.17, 15) is 4.79 Å². The zero-order valence-electron chi connectivity index (χ0n) is 8.51. The highest BCUT2D eigenvalue weighted by Crippen LogP contribution is 2.33. The second-order valence-corrected chi connectivity index (χ2v) is 4.09. The number of carbonyl (C=O) groups is 1. The number of aromatic nitrogens is 1. The van der Waals surface area contributed by atoms with E-state index in [0.717, 1.165) is 10.6 Å². The van der Waals surface area contributed by atoms with E-state index in [0.29, 0.717) is 10.8 Å². The minimum absolute atomic E-state index is 0.325. The third-order valence-electron chi connectivity index (χ3n) is 1.95. The monoisotopic (exact) mass is 235 g/mol. The van der Waals surface area contributed by atoms with Crippen LogP contribution in [-0.4, -0.2) is 16.2 Å². The molecule has 0 aliphatic rings. The number of nitrogens with zero attached hydrogens (tertiary/aromatic N) is 1. The molecule has 0 unspecified atom stereocenters. The maximum absolute atomic E-state index is 10.4. The van der Waals surface area contributed by atoms with E-state index in [4.69, 9.17) is 5.11 Å². The Labute approximate surface area is 96.1 Å². The molecule has 4 nitrogen and oxygen atoms in total. The van der Waals surface area contributed by atoms with E-state index in [1.54, 1.807) is 6.92 Å². The van der Waals surface area contributed by atoms with Gasteiger partial charge in [0.05, 0.1) is 5.69 Å². The molecule has 0 bridgehead atoms. The summed E-state index contributed by atoms with van der Waals surface area (Å²) in [7, 11) is 0. The summed E-state index contributed by atoms with van der Waals surface area (Å²) in [6.07, 6.45) is -1.31. The van der Waals surface area contributed by atoms with E-state index >= 15 is 0 Å². The molecule has 1 heterocycles. The van der Waals surface area contributed by atoms with Crippen LogP contribution in [0.2, 0.25) is 0 Å². The van der Waals surface area contributed by atoms with Crippen LogP contribution in [0.5, 0.6) is 5.06 Å². The standard InChI is InChI=1S/C11H9NO3S/c1-7-10(15-11(13)14)16-9(12-7)8-5-3-2-4-6-8/h2-6H,1H3,(H,13,14). The predicted octanol–water partition coefficient (Wildman–Crippen LogP) is 3.18. The summed E-state index contributed by atoms with van der Waals surface area (Å²) >= 11 is 1.23. The smallest absolute Gasteiger partial charge is 0.449 e. The third-order valence-corrected chi connectivity index (χ3v) is 3.04. The molecule has 0 aliphatic heterocycles. The minimum Gasteiger partial charge on any atom is -0.449 e. The molecule has 2 aromatic rings. The highest BCUT2D eigenvalue weighted by atomic mass is 32.1. The van der Waals surface area contributed by atoms with Crippen LogP contribution in [0, 0.1) is 6.92 Å². The van der Waals surface area contributed by atoms with Gasteiger partial charge in [0.1, 0.15) is 5.01 Å². The summed E-state index contributed by atoms with van der Waals surface area (Å²) in [5.41, 5.74) is 1.54. The molecule has 16 heavy (non-hydrogen) atoms. The Kier molecular flexibility index (Phi) is 2.87. The van der Waals surface area contributed by atoms with Gasteiger partial charge in [0.25, 0.3) is 0 Å². The lowest BCUT2D eigenvalue weighted by molar-refractivity contribution is 0.145. The lowest BCUT2D eigenvalue weighted by Gasteiger charge is -1.93. The summed E-state index contributed by atoms with van der Waals surface area (Å²) in [6.45, 7) is 1.72. The maximum Gasteiger partial charge on any atom is 0.512 e. The van der Waals surface area contributed by atoms with Gasteiger partial charge in [-0.15, -0.1) is 0 Å². The van der Waals surface area contributed by atoms with E-state index in [-0.39, 0.29) is 0 Å².